The molecule has 0 radical (unpaired) electrons. The van der Waals surface area contributed by atoms with Gasteiger partial charge in [-0.25, -0.2) is 0 Å². The molecule has 0 aromatic rings. The Morgan fingerprint density at radius 1 is 1.16 bits per heavy atom. The first-order valence-corrected chi connectivity index (χ1v) is 7.90. The highest BCUT2D eigenvalue weighted by Crippen LogP contribution is 2.28. The van der Waals surface area contributed by atoms with Gasteiger partial charge in [0.1, 0.15) is 0 Å². The molecule has 0 aromatic carbocycles. The van der Waals surface area contributed by atoms with Gasteiger partial charge in [0.15, 0.2) is 0 Å². The molecule has 0 aromatic heterocycles. The predicted molar refractivity (Wildman–Crippen MR) is 82.7 cm³/mol. The Bertz CT molecular complexity index is 247. The molecular formula is C16H34N2O. The first kappa shape index (κ1) is 16.9. The summed E-state index contributed by atoms with van der Waals surface area (Å²) in [5.41, 5.74) is -0.0400. The van der Waals surface area contributed by atoms with Gasteiger partial charge in [-0.15, -0.1) is 0 Å². The number of rotatable bonds is 7. The average molecular weight is 270 g/mol. The number of nitrogens with zero attached hydrogens (tertiary/aromatic N) is 1. The average Bonchev–Trinajstić information content (AvgIpc) is 2.22. The molecule has 1 aliphatic heterocycles. The van der Waals surface area contributed by atoms with Crippen molar-refractivity contribution in [3.05, 3.63) is 0 Å². The van der Waals surface area contributed by atoms with E-state index in [2.05, 4.69) is 51.8 Å². The highest BCUT2D eigenvalue weighted by molar-refractivity contribution is 4.89. The smallest absolute Gasteiger partial charge is 0.0760 e. The standard InChI is InChI=1S/C16H34N2O/c1-7-10-17-14(2)9-8-11-18-12-15(3,4)19-16(5,6)13-18/h14,17H,7-13H2,1-6H3. The Morgan fingerprint density at radius 3 is 2.26 bits per heavy atom. The SMILES string of the molecule is CCCNC(C)CCCN1CC(C)(C)OC(C)(C)C1. The fourth-order valence-electron chi connectivity index (χ4n) is 3.22. The maximum absolute atomic E-state index is 6.12. The summed E-state index contributed by atoms with van der Waals surface area (Å²) in [5.74, 6) is 0. The van der Waals surface area contributed by atoms with Crippen LogP contribution in [0.5, 0.6) is 0 Å². The molecule has 1 heterocycles. The number of morpholine rings is 1. The summed E-state index contributed by atoms with van der Waals surface area (Å²) in [6.45, 7) is 17.7. The zero-order valence-electron chi connectivity index (χ0n) is 13.9. The highest BCUT2D eigenvalue weighted by Gasteiger charge is 2.37. The molecule has 0 spiro atoms. The number of hydrogen-bond donors (Lipinski definition) is 1. The van der Waals surface area contributed by atoms with Crippen LogP contribution in [0, 0.1) is 0 Å². The number of hydrogen-bond acceptors (Lipinski definition) is 3. The van der Waals surface area contributed by atoms with Gasteiger partial charge in [-0.05, 0) is 67.0 Å². The molecule has 0 amide bonds. The van der Waals surface area contributed by atoms with Crippen LogP contribution in [0.4, 0.5) is 0 Å². The Hall–Kier alpha value is -0.120. The molecule has 0 aliphatic carbocycles. The van der Waals surface area contributed by atoms with Crippen molar-refractivity contribution in [1.82, 2.24) is 10.2 Å². The Kier molecular flexibility index (Phi) is 6.28. The van der Waals surface area contributed by atoms with E-state index in [4.69, 9.17) is 4.74 Å². The van der Waals surface area contributed by atoms with E-state index in [9.17, 15) is 0 Å². The second-order valence-electron chi connectivity index (χ2n) is 7.33. The molecule has 19 heavy (non-hydrogen) atoms. The van der Waals surface area contributed by atoms with Crippen molar-refractivity contribution < 1.29 is 4.74 Å². The number of ether oxygens (including phenoxy) is 1. The van der Waals surface area contributed by atoms with E-state index in [1.165, 1.54) is 25.8 Å². The van der Waals surface area contributed by atoms with E-state index in [1.54, 1.807) is 0 Å². The van der Waals surface area contributed by atoms with Gasteiger partial charge in [-0.3, -0.25) is 4.90 Å². The second kappa shape index (κ2) is 7.05. The summed E-state index contributed by atoms with van der Waals surface area (Å²) in [6, 6.07) is 0.641. The van der Waals surface area contributed by atoms with E-state index in [-0.39, 0.29) is 11.2 Å². The minimum Gasteiger partial charge on any atom is -0.367 e. The molecule has 1 unspecified atom stereocenters. The Labute approximate surface area is 120 Å². The molecule has 0 bridgehead atoms. The molecule has 1 rings (SSSR count). The van der Waals surface area contributed by atoms with Crippen molar-refractivity contribution in [2.24, 2.45) is 0 Å². The van der Waals surface area contributed by atoms with Gasteiger partial charge in [0.25, 0.3) is 0 Å². The summed E-state index contributed by atoms with van der Waals surface area (Å²) in [5, 5.41) is 3.56. The lowest BCUT2D eigenvalue weighted by atomic mass is 9.98. The van der Waals surface area contributed by atoms with Crippen LogP contribution < -0.4 is 5.32 Å². The predicted octanol–water partition coefficient (Wildman–Crippen LogP) is 3.04. The van der Waals surface area contributed by atoms with Gasteiger partial charge < -0.3 is 10.1 Å². The molecular weight excluding hydrogens is 236 g/mol. The van der Waals surface area contributed by atoms with Crippen molar-refractivity contribution in [3.63, 3.8) is 0 Å². The molecule has 1 fully saturated rings. The second-order valence-corrected chi connectivity index (χ2v) is 7.33. The van der Waals surface area contributed by atoms with Crippen LogP contribution >= 0.6 is 0 Å². The van der Waals surface area contributed by atoms with Crippen molar-refractivity contribution in [3.8, 4) is 0 Å². The first-order valence-electron chi connectivity index (χ1n) is 7.90. The maximum atomic E-state index is 6.12. The molecule has 0 saturated carbocycles. The third-order valence-corrected chi connectivity index (χ3v) is 3.62. The van der Waals surface area contributed by atoms with Gasteiger partial charge in [-0.1, -0.05) is 6.92 Å². The summed E-state index contributed by atoms with van der Waals surface area (Å²) in [4.78, 5) is 2.57. The van der Waals surface area contributed by atoms with Gasteiger partial charge >= 0.3 is 0 Å². The molecule has 1 aliphatic rings. The molecule has 3 nitrogen and oxygen atoms in total. The molecule has 3 heteroatoms. The first-order chi connectivity index (χ1) is 8.74. The summed E-state index contributed by atoms with van der Waals surface area (Å²) in [6.07, 6.45) is 3.75. The van der Waals surface area contributed by atoms with Crippen molar-refractivity contribution in [1.29, 1.82) is 0 Å². The summed E-state index contributed by atoms with van der Waals surface area (Å²) >= 11 is 0. The minimum absolute atomic E-state index is 0.0200. The zero-order chi connectivity index (χ0) is 14.5. The molecule has 114 valence electrons. The lowest BCUT2D eigenvalue weighted by molar-refractivity contribution is -0.180. The maximum Gasteiger partial charge on any atom is 0.0760 e. The van der Waals surface area contributed by atoms with Crippen LogP contribution in [-0.2, 0) is 4.74 Å². The van der Waals surface area contributed by atoms with Gasteiger partial charge in [0.05, 0.1) is 11.2 Å². The van der Waals surface area contributed by atoms with Crippen molar-refractivity contribution in [2.45, 2.75) is 78.0 Å². The van der Waals surface area contributed by atoms with E-state index in [0.717, 1.165) is 19.6 Å². The van der Waals surface area contributed by atoms with Crippen LogP contribution in [0.2, 0.25) is 0 Å². The lowest BCUT2D eigenvalue weighted by Gasteiger charge is -2.47. The zero-order valence-corrected chi connectivity index (χ0v) is 13.9. The van der Waals surface area contributed by atoms with Crippen LogP contribution in [-0.4, -0.2) is 48.3 Å². The molecule has 1 saturated heterocycles. The lowest BCUT2D eigenvalue weighted by Crippen LogP contribution is -2.57. The summed E-state index contributed by atoms with van der Waals surface area (Å²) in [7, 11) is 0. The quantitative estimate of drug-likeness (QED) is 0.769. The number of nitrogens with one attached hydrogen (secondary N) is 1. The Balaban J connectivity index is 2.29. The minimum atomic E-state index is -0.0200. The van der Waals surface area contributed by atoms with Crippen LogP contribution in [0.3, 0.4) is 0 Å². The van der Waals surface area contributed by atoms with Crippen LogP contribution in [0.15, 0.2) is 0 Å². The van der Waals surface area contributed by atoms with Gasteiger partial charge in [0.2, 0.25) is 0 Å². The van der Waals surface area contributed by atoms with Crippen molar-refractivity contribution >= 4 is 0 Å². The van der Waals surface area contributed by atoms with Crippen LogP contribution in [0.25, 0.3) is 0 Å². The molecule has 1 atom stereocenters. The summed E-state index contributed by atoms with van der Waals surface area (Å²) < 4.78 is 6.12. The fourth-order valence-corrected chi connectivity index (χ4v) is 3.22. The third kappa shape index (κ3) is 6.73. The largest absolute Gasteiger partial charge is 0.367 e. The Morgan fingerprint density at radius 2 is 1.74 bits per heavy atom. The molecule has 1 N–H and O–H groups in total. The van der Waals surface area contributed by atoms with Gasteiger partial charge in [-0.2, -0.15) is 0 Å². The van der Waals surface area contributed by atoms with E-state index in [0.29, 0.717) is 6.04 Å². The highest BCUT2D eigenvalue weighted by atomic mass is 16.5. The van der Waals surface area contributed by atoms with Crippen LogP contribution in [0.1, 0.15) is 60.8 Å². The third-order valence-electron chi connectivity index (χ3n) is 3.62. The fraction of sp³-hybridized carbons (Fsp3) is 1.00. The van der Waals surface area contributed by atoms with Crippen molar-refractivity contribution in [2.75, 3.05) is 26.2 Å². The van der Waals surface area contributed by atoms with E-state index < -0.39 is 0 Å². The van der Waals surface area contributed by atoms with E-state index in [1.807, 2.05) is 0 Å². The van der Waals surface area contributed by atoms with E-state index >= 15 is 0 Å². The normalized spacial score (nSPS) is 24.3. The topological polar surface area (TPSA) is 24.5 Å². The van der Waals surface area contributed by atoms with Gasteiger partial charge in [0, 0.05) is 19.1 Å². The monoisotopic (exact) mass is 270 g/mol.